The summed E-state index contributed by atoms with van der Waals surface area (Å²) in [5.74, 6) is 0.797. The van der Waals surface area contributed by atoms with Gasteiger partial charge in [-0.15, -0.1) is 0 Å². The van der Waals surface area contributed by atoms with Crippen molar-refractivity contribution in [3.05, 3.63) is 41.4 Å². The van der Waals surface area contributed by atoms with Crippen LogP contribution in [0.5, 0.6) is 5.75 Å². The third-order valence-corrected chi connectivity index (χ3v) is 4.36. The molecule has 4 nitrogen and oxygen atoms in total. The van der Waals surface area contributed by atoms with E-state index in [1.807, 2.05) is 30.3 Å². The fraction of sp³-hybridized carbons (Fsp3) is 0.316. The molecule has 0 aliphatic rings. The highest BCUT2D eigenvalue weighted by Gasteiger charge is 2.10. The molecule has 0 aliphatic heterocycles. The summed E-state index contributed by atoms with van der Waals surface area (Å²) < 4.78 is 5.33. The van der Waals surface area contributed by atoms with Crippen molar-refractivity contribution >= 4 is 39.1 Å². The predicted molar refractivity (Wildman–Crippen MR) is 102 cm³/mol. The van der Waals surface area contributed by atoms with Crippen molar-refractivity contribution in [2.45, 2.75) is 19.3 Å². The van der Waals surface area contributed by atoms with Crippen LogP contribution in [0.1, 0.15) is 19.3 Å². The lowest BCUT2D eigenvalue weighted by Gasteiger charge is -2.14. The molecule has 0 unspecified atom stereocenters. The summed E-state index contributed by atoms with van der Waals surface area (Å²) >= 11 is 6.15. The number of unbranched alkanes of at least 4 members (excludes halogenated alkanes) is 2. The lowest BCUT2D eigenvalue weighted by atomic mass is 10.1. The Labute approximate surface area is 147 Å². The second kappa shape index (κ2) is 7.69. The van der Waals surface area contributed by atoms with Gasteiger partial charge in [0.05, 0.1) is 23.8 Å². The number of benzene rings is 2. The van der Waals surface area contributed by atoms with E-state index in [2.05, 4.69) is 11.4 Å². The molecule has 0 saturated heterocycles. The minimum atomic E-state index is 0.686. The maximum absolute atomic E-state index is 6.15. The maximum Gasteiger partial charge on any atom is 0.121 e. The molecule has 126 valence electrons. The van der Waals surface area contributed by atoms with Crippen molar-refractivity contribution in [2.75, 3.05) is 25.5 Å². The van der Waals surface area contributed by atoms with Gasteiger partial charge in [0, 0.05) is 28.4 Å². The van der Waals surface area contributed by atoms with Crippen molar-refractivity contribution < 1.29 is 4.74 Å². The van der Waals surface area contributed by atoms with Crippen molar-refractivity contribution in [3.8, 4) is 5.75 Å². The van der Waals surface area contributed by atoms with E-state index >= 15 is 0 Å². The highest BCUT2D eigenvalue weighted by molar-refractivity contribution is 6.31. The standard InChI is InChI=1S/C19H22ClN3O/c1-24-14-6-8-16-18(12-14)23-17-11-13(20)5-7-15(17)19(16)22-10-4-2-3-9-21/h5-8,11-12H,2-4,9-10,21H2,1H3,(H,22,23). The molecule has 0 bridgehead atoms. The third-order valence-electron chi connectivity index (χ3n) is 4.13. The number of anilines is 1. The first kappa shape index (κ1) is 16.8. The van der Waals surface area contributed by atoms with Gasteiger partial charge in [0.25, 0.3) is 0 Å². The van der Waals surface area contributed by atoms with Gasteiger partial charge in [-0.05, 0) is 49.7 Å². The summed E-state index contributed by atoms with van der Waals surface area (Å²) in [6, 6.07) is 11.8. The molecule has 0 aliphatic carbocycles. The molecule has 0 fully saturated rings. The van der Waals surface area contributed by atoms with Crippen molar-refractivity contribution in [1.82, 2.24) is 4.98 Å². The normalized spacial score (nSPS) is 11.1. The van der Waals surface area contributed by atoms with Gasteiger partial charge in [-0.2, -0.15) is 0 Å². The third kappa shape index (κ3) is 3.55. The summed E-state index contributed by atoms with van der Waals surface area (Å²) in [4.78, 5) is 4.74. The minimum absolute atomic E-state index is 0.686. The van der Waals surface area contributed by atoms with E-state index in [-0.39, 0.29) is 0 Å². The Morgan fingerprint density at radius 3 is 2.54 bits per heavy atom. The molecule has 0 saturated carbocycles. The molecule has 0 amide bonds. The van der Waals surface area contributed by atoms with E-state index < -0.39 is 0 Å². The first-order chi connectivity index (χ1) is 11.7. The monoisotopic (exact) mass is 343 g/mol. The van der Waals surface area contributed by atoms with Gasteiger partial charge in [0.1, 0.15) is 5.75 Å². The Hall–Kier alpha value is -2.04. The lowest BCUT2D eigenvalue weighted by Crippen LogP contribution is -2.05. The van der Waals surface area contributed by atoms with Crippen LogP contribution >= 0.6 is 11.6 Å². The molecule has 0 atom stereocenters. The van der Waals surface area contributed by atoms with Crippen LogP contribution in [0.25, 0.3) is 21.8 Å². The largest absolute Gasteiger partial charge is 0.497 e. The van der Waals surface area contributed by atoms with Crippen molar-refractivity contribution in [2.24, 2.45) is 5.73 Å². The highest BCUT2D eigenvalue weighted by atomic mass is 35.5. The summed E-state index contributed by atoms with van der Waals surface area (Å²) in [6.07, 6.45) is 3.28. The number of ether oxygens (including phenoxy) is 1. The van der Waals surface area contributed by atoms with Crippen molar-refractivity contribution in [1.29, 1.82) is 0 Å². The number of nitrogens with zero attached hydrogens (tertiary/aromatic N) is 1. The van der Waals surface area contributed by atoms with E-state index in [0.29, 0.717) is 5.02 Å². The molecule has 0 spiro atoms. The minimum Gasteiger partial charge on any atom is -0.497 e. The van der Waals surface area contributed by atoms with Crippen molar-refractivity contribution in [3.63, 3.8) is 0 Å². The summed E-state index contributed by atoms with van der Waals surface area (Å²) in [7, 11) is 1.66. The first-order valence-corrected chi connectivity index (χ1v) is 8.61. The summed E-state index contributed by atoms with van der Waals surface area (Å²) in [6.45, 7) is 1.66. The van der Waals surface area contributed by atoms with Gasteiger partial charge in [-0.25, -0.2) is 4.98 Å². The number of methoxy groups -OCH3 is 1. The zero-order valence-electron chi connectivity index (χ0n) is 13.8. The SMILES string of the molecule is COc1ccc2c(NCCCCCN)c3ccc(Cl)cc3nc2c1. The summed E-state index contributed by atoms with van der Waals surface area (Å²) in [5, 5.41) is 6.44. The van der Waals surface area contributed by atoms with E-state index in [0.717, 1.165) is 65.6 Å². The lowest BCUT2D eigenvalue weighted by molar-refractivity contribution is 0.415. The van der Waals surface area contributed by atoms with Gasteiger partial charge in [0.2, 0.25) is 0 Å². The molecule has 3 N–H and O–H groups in total. The molecule has 24 heavy (non-hydrogen) atoms. The molecule has 2 aromatic carbocycles. The molecular formula is C19H22ClN3O. The van der Waals surface area contributed by atoms with Gasteiger partial charge >= 0.3 is 0 Å². The van der Waals surface area contributed by atoms with E-state index in [9.17, 15) is 0 Å². The second-order valence-corrected chi connectivity index (χ2v) is 6.24. The van der Waals surface area contributed by atoms with Crippen LogP contribution in [0, 0.1) is 0 Å². The van der Waals surface area contributed by atoms with Crippen LogP contribution < -0.4 is 15.8 Å². The van der Waals surface area contributed by atoms with Gasteiger partial charge in [-0.1, -0.05) is 18.0 Å². The quantitative estimate of drug-likeness (QED) is 0.486. The Morgan fingerprint density at radius 2 is 1.79 bits per heavy atom. The Balaban J connectivity index is 2.03. The van der Waals surface area contributed by atoms with E-state index in [1.54, 1.807) is 7.11 Å². The summed E-state index contributed by atoms with van der Waals surface area (Å²) in [5.41, 5.74) is 8.44. The fourth-order valence-corrected chi connectivity index (χ4v) is 3.04. The highest BCUT2D eigenvalue weighted by Crippen LogP contribution is 2.33. The molecule has 0 radical (unpaired) electrons. The Morgan fingerprint density at radius 1 is 1.04 bits per heavy atom. The average molecular weight is 344 g/mol. The van der Waals surface area contributed by atoms with Crippen LogP contribution in [-0.4, -0.2) is 25.2 Å². The second-order valence-electron chi connectivity index (χ2n) is 5.81. The number of aromatic nitrogens is 1. The van der Waals surface area contributed by atoms with E-state index in [4.69, 9.17) is 27.1 Å². The number of hydrogen-bond donors (Lipinski definition) is 2. The number of rotatable bonds is 7. The predicted octanol–water partition coefficient (Wildman–Crippen LogP) is 4.59. The van der Waals surface area contributed by atoms with Crippen LogP contribution in [0.3, 0.4) is 0 Å². The van der Waals surface area contributed by atoms with Gasteiger partial charge in [0.15, 0.2) is 0 Å². The molecule has 5 heteroatoms. The number of pyridine rings is 1. The van der Waals surface area contributed by atoms with Crippen LogP contribution in [0.4, 0.5) is 5.69 Å². The molecule has 3 aromatic rings. The molecule has 1 aromatic heterocycles. The Bertz CT molecular complexity index is 851. The van der Waals surface area contributed by atoms with E-state index in [1.165, 1.54) is 0 Å². The number of nitrogens with two attached hydrogens (primary N) is 1. The van der Waals surface area contributed by atoms with Gasteiger partial charge < -0.3 is 15.8 Å². The molecular weight excluding hydrogens is 322 g/mol. The fourth-order valence-electron chi connectivity index (χ4n) is 2.88. The van der Waals surface area contributed by atoms with Crippen LogP contribution in [0.2, 0.25) is 5.02 Å². The smallest absolute Gasteiger partial charge is 0.121 e. The van der Waals surface area contributed by atoms with Gasteiger partial charge in [-0.3, -0.25) is 0 Å². The first-order valence-electron chi connectivity index (χ1n) is 8.24. The molecule has 3 rings (SSSR count). The number of fused-ring (bicyclic) bond motifs is 2. The zero-order valence-corrected chi connectivity index (χ0v) is 14.6. The number of nitrogens with one attached hydrogen (secondary N) is 1. The zero-order chi connectivity index (χ0) is 16.9. The Kier molecular flexibility index (Phi) is 5.38. The van der Waals surface area contributed by atoms with Crippen LogP contribution in [-0.2, 0) is 0 Å². The van der Waals surface area contributed by atoms with Crippen LogP contribution in [0.15, 0.2) is 36.4 Å². The number of hydrogen-bond acceptors (Lipinski definition) is 4. The maximum atomic E-state index is 6.15. The topological polar surface area (TPSA) is 60.2 Å². The number of halogens is 1. The average Bonchev–Trinajstić information content (AvgIpc) is 2.60. The molecule has 1 heterocycles.